The molecule has 0 spiro atoms. The van der Waals surface area contributed by atoms with Crippen molar-refractivity contribution in [2.24, 2.45) is 0 Å². The molecule has 1 N–H and O–H groups in total. The molecular formula is C12H14BrFO. The van der Waals surface area contributed by atoms with Crippen LogP contribution < -0.4 is 0 Å². The van der Waals surface area contributed by atoms with Gasteiger partial charge in [-0.3, -0.25) is 0 Å². The first kappa shape index (κ1) is 12.4. The fraction of sp³-hybridized carbons (Fsp3) is 0.333. The van der Waals surface area contributed by atoms with Gasteiger partial charge in [0.1, 0.15) is 5.82 Å². The Hall–Kier alpha value is -0.670. The molecule has 0 saturated carbocycles. The van der Waals surface area contributed by atoms with E-state index in [1.807, 2.05) is 6.92 Å². The monoisotopic (exact) mass is 272 g/mol. The summed E-state index contributed by atoms with van der Waals surface area (Å²) in [4.78, 5) is 0. The van der Waals surface area contributed by atoms with Crippen molar-refractivity contribution in [2.75, 3.05) is 0 Å². The predicted octanol–water partition coefficient (Wildman–Crippen LogP) is 3.98. The molecule has 1 unspecified atom stereocenters. The third-order valence-electron chi connectivity index (χ3n) is 2.30. The summed E-state index contributed by atoms with van der Waals surface area (Å²) in [5.41, 5.74) is 1.68. The Morgan fingerprint density at radius 1 is 1.60 bits per heavy atom. The first-order valence-electron chi connectivity index (χ1n) is 4.84. The first-order valence-corrected chi connectivity index (χ1v) is 5.63. The van der Waals surface area contributed by atoms with E-state index in [1.165, 1.54) is 12.1 Å². The Morgan fingerprint density at radius 3 is 2.80 bits per heavy atom. The number of rotatable bonds is 4. The van der Waals surface area contributed by atoms with Crippen molar-refractivity contribution in [2.45, 2.75) is 25.9 Å². The SMILES string of the molecule is C=C(CC)CC(O)c1ccc(F)cc1Br. The summed E-state index contributed by atoms with van der Waals surface area (Å²) in [7, 11) is 0. The van der Waals surface area contributed by atoms with E-state index in [9.17, 15) is 9.50 Å². The smallest absolute Gasteiger partial charge is 0.124 e. The average molecular weight is 273 g/mol. The number of aliphatic hydroxyl groups is 1. The summed E-state index contributed by atoms with van der Waals surface area (Å²) in [5.74, 6) is -0.313. The summed E-state index contributed by atoms with van der Waals surface area (Å²) >= 11 is 3.23. The largest absolute Gasteiger partial charge is 0.388 e. The number of aliphatic hydroxyl groups excluding tert-OH is 1. The zero-order valence-corrected chi connectivity index (χ0v) is 10.2. The van der Waals surface area contributed by atoms with Gasteiger partial charge in [0.2, 0.25) is 0 Å². The first-order chi connectivity index (χ1) is 7.04. The summed E-state index contributed by atoms with van der Waals surface area (Å²) in [5, 5.41) is 9.88. The van der Waals surface area contributed by atoms with E-state index in [0.29, 0.717) is 16.5 Å². The maximum Gasteiger partial charge on any atom is 0.124 e. The van der Waals surface area contributed by atoms with E-state index in [4.69, 9.17) is 0 Å². The molecule has 0 aliphatic heterocycles. The van der Waals surface area contributed by atoms with E-state index in [1.54, 1.807) is 6.07 Å². The van der Waals surface area contributed by atoms with Crippen LogP contribution in [0.15, 0.2) is 34.8 Å². The van der Waals surface area contributed by atoms with Crippen molar-refractivity contribution in [1.29, 1.82) is 0 Å². The minimum Gasteiger partial charge on any atom is -0.388 e. The van der Waals surface area contributed by atoms with E-state index in [-0.39, 0.29) is 5.82 Å². The van der Waals surface area contributed by atoms with Crippen LogP contribution >= 0.6 is 15.9 Å². The standard InChI is InChI=1S/C12H14BrFO/c1-3-8(2)6-12(15)10-5-4-9(14)7-11(10)13/h4-5,7,12,15H,2-3,6H2,1H3. The van der Waals surface area contributed by atoms with Crippen molar-refractivity contribution in [3.8, 4) is 0 Å². The van der Waals surface area contributed by atoms with Gasteiger partial charge in [-0.05, 0) is 30.5 Å². The van der Waals surface area contributed by atoms with Crippen molar-refractivity contribution < 1.29 is 9.50 Å². The van der Waals surface area contributed by atoms with Gasteiger partial charge in [0, 0.05) is 4.47 Å². The number of hydrogen-bond donors (Lipinski definition) is 1. The highest BCUT2D eigenvalue weighted by molar-refractivity contribution is 9.10. The van der Waals surface area contributed by atoms with Crippen molar-refractivity contribution in [3.05, 3.63) is 46.2 Å². The Bertz CT molecular complexity index is 363. The molecule has 82 valence electrons. The van der Waals surface area contributed by atoms with Crippen LogP contribution in [0.5, 0.6) is 0 Å². The summed E-state index contributed by atoms with van der Waals surface area (Å²) in [6, 6.07) is 4.29. The van der Waals surface area contributed by atoms with E-state index < -0.39 is 6.10 Å². The van der Waals surface area contributed by atoms with E-state index in [0.717, 1.165) is 12.0 Å². The van der Waals surface area contributed by atoms with Crippen LogP contribution in [-0.2, 0) is 0 Å². The zero-order chi connectivity index (χ0) is 11.4. The predicted molar refractivity (Wildman–Crippen MR) is 63.1 cm³/mol. The molecule has 0 aliphatic carbocycles. The zero-order valence-electron chi connectivity index (χ0n) is 8.63. The molecule has 0 aliphatic rings. The summed E-state index contributed by atoms with van der Waals surface area (Å²) in [6.07, 6.45) is 0.740. The molecular weight excluding hydrogens is 259 g/mol. The van der Waals surface area contributed by atoms with Crippen molar-refractivity contribution in [3.63, 3.8) is 0 Å². The van der Waals surface area contributed by atoms with Crippen LogP contribution in [0.25, 0.3) is 0 Å². The Morgan fingerprint density at radius 2 is 2.27 bits per heavy atom. The Labute approximate surface area is 97.8 Å². The maximum atomic E-state index is 12.8. The minimum atomic E-state index is -0.618. The lowest BCUT2D eigenvalue weighted by Crippen LogP contribution is -2.00. The second kappa shape index (κ2) is 5.42. The summed E-state index contributed by atoms with van der Waals surface area (Å²) in [6.45, 7) is 5.83. The highest BCUT2D eigenvalue weighted by atomic mass is 79.9. The minimum absolute atomic E-state index is 0.313. The third kappa shape index (κ3) is 3.43. The number of benzene rings is 1. The number of hydrogen-bond acceptors (Lipinski definition) is 1. The van der Waals surface area contributed by atoms with Crippen LogP contribution in [-0.4, -0.2) is 5.11 Å². The van der Waals surface area contributed by atoms with Gasteiger partial charge < -0.3 is 5.11 Å². The van der Waals surface area contributed by atoms with Crippen LogP contribution in [0, 0.1) is 5.82 Å². The van der Waals surface area contributed by atoms with Crippen LogP contribution in [0.3, 0.4) is 0 Å². The lowest BCUT2D eigenvalue weighted by atomic mass is 10.0. The molecule has 1 rings (SSSR count). The number of halogens is 2. The molecule has 15 heavy (non-hydrogen) atoms. The lowest BCUT2D eigenvalue weighted by Gasteiger charge is -2.13. The second-order valence-electron chi connectivity index (χ2n) is 3.49. The fourth-order valence-electron chi connectivity index (χ4n) is 1.30. The Balaban J connectivity index is 2.82. The molecule has 0 aromatic heterocycles. The van der Waals surface area contributed by atoms with Gasteiger partial charge in [-0.1, -0.05) is 41.1 Å². The van der Waals surface area contributed by atoms with Crippen LogP contribution in [0.2, 0.25) is 0 Å². The molecule has 1 aromatic carbocycles. The molecule has 3 heteroatoms. The highest BCUT2D eigenvalue weighted by Gasteiger charge is 2.12. The van der Waals surface area contributed by atoms with Gasteiger partial charge in [0.15, 0.2) is 0 Å². The van der Waals surface area contributed by atoms with Gasteiger partial charge in [-0.2, -0.15) is 0 Å². The molecule has 0 saturated heterocycles. The third-order valence-corrected chi connectivity index (χ3v) is 2.99. The average Bonchev–Trinajstić information content (AvgIpc) is 2.17. The topological polar surface area (TPSA) is 20.2 Å². The normalized spacial score (nSPS) is 12.5. The molecule has 0 fully saturated rings. The van der Waals surface area contributed by atoms with Crippen LogP contribution in [0.1, 0.15) is 31.4 Å². The highest BCUT2D eigenvalue weighted by Crippen LogP contribution is 2.28. The summed E-state index contributed by atoms with van der Waals surface area (Å²) < 4.78 is 13.4. The lowest BCUT2D eigenvalue weighted by molar-refractivity contribution is 0.176. The van der Waals surface area contributed by atoms with Gasteiger partial charge >= 0.3 is 0 Å². The molecule has 1 atom stereocenters. The Kier molecular flexibility index (Phi) is 4.48. The maximum absolute atomic E-state index is 12.8. The van der Waals surface area contributed by atoms with Crippen molar-refractivity contribution in [1.82, 2.24) is 0 Å². The molecule has 0 heterocycles. The van der Waals surface area contributed by atoms with E-state index >= 15 is 0 Å². The van der Waals surface area contributed by atoms with Gasteiger partial charge in [-0.25, -0.2) is 4.39 Å². The molecule has 0 amide bonds. The molecule has 1 aromatic rings. The molecule has 1 nitrogen and oxygen atoms in total. The fourth-order valence-corrected chi connectivity index (χ4v) is 1.91. The molecule has 0 radical (unpaired) electrons. The van der Waals surface area contributed by atoms with Gasteiger partial charge in [-0.15, -0.1) is 0 Å². The van der Waals surface area contributed by atoms with Gasteiger partial charge in [0.05, 0.1) is 6.10 Å². The van der Waals surface area contributed by atoms with E-state index in [2.05, 4.69) is 22.5 Å². The molecule has 0 bridgehead atoms. The van der Waals surface area contributed by atoms with Gasteiger partial charge in [0.25, 0.3) is 0 Å². The quantitative estimate of drug-likeness (QED) is 0.823. The van der Waals surface area contributed by atoms with Crippen molar-refractivity contribution >= 4 is 15.9 Å². The van der Waals surface area contributed by atoms with Crippen LogP contribution in [0.4, 0.5) is 4.39 Å². The second-order valence-corrected chi connectivity index (χ2v) is 4.34.